The molecule has 0 radical (unpaired) electrons. The first kappa shape index (κ1) is 13.5. The zero-order chi connectivity index (χ0) is 12.0. The highest BCUT2D eigenvalue weighted by atomic mass is 16.5. The van der Waals surface area contributed by atoms with Crippen LogP contribution >= 0.6 is 0 Å². The second kappa shape index (κ2) is 6.86. The summed E-state index contributed by atoms with van der Waals surface area (Å²) in [5.41, 5.74) is 5.56. The van der Waals surface area contributed by atoms with Gasteiger partial charge in [-0.25, -0.2) is 0 Å². The van der Waals surface area contributed by atoms with E-state index in [1.165, 1.54) is 12.8 Å². The molecule has 16 heavy (non-hydrogen) atoms. The van der Waals surface area contributed by atoms with Gasteiger partial charge in [-0.1, -0.05) is 12.8 Å². The average Bonchev–Trinajstić information content (AvgIpc) is 2.75. The van der Waals surface area contributed by atoms with E-state index in [2.05, 4.69) is 0 Å². The standard InChI is InChI=1S/C12H24N2O2/c1-10(2)16-9-12(15)14(8-7-13)11-5-3-4-6-11/h10-11H,3-9,13H2,1-2H3. The van der Waals surface area contributed by atoms with Crippen molar-refractivity contribution in [2.75, 3.05) is 19.7 Å². The van der Waals surface area contributed by atoms with E-state index in [4.69, 9.17) is 10.5 Å². The molecule has 0 unspecified atom stereocenters. The molecule has 0 aromatic heterocycles. The van der Waals surface area contributed by atoms with Crippen LogP contribution in [0.1, 0.15) is 39.5 Å². The lowest BCUT2D eigenvalue weighted by Crippen LogP contribution is -2.44. The fourth-order valence-electron chi connectivity index (χ4n) is 2.19. The minimum atomic E-state index is 0.0889. The van der Waals surface area contributed by atoms with Gasteiger partial charge in [0.1, 0.15) is 6.61 Å². The van der Waals surface area contributed by atoms with Crippen LogP contribution < -0.4 is 5.73 Å². The summed E-state index contributed by atoms with van der Waals surface area (Å²) in [6, 6.07) is 0.395. The van der Waals surface area contributed by atoms with Gasteiger partial charge in [0, 0.05) is 19.1 Å². The molecule has 0 bridgehead atoms. The van der Waals surface area contributed by atoms with Crippen LogP contribution in [0, 0.1) is 0 Å². The number of hydrogen-bond donors (Lipinski definition) is 1. The summed E-state index contributed by atoms with van der Waals surface area (Å²) >= 11 is 0. The van der Waals surface area contributed by atoms with Crippen molar-refractivity contribution in [1.29, 1.82) is 0 Å². The van der Waals surface area contributed by atoms with Gasteiger partial charge in [0.15, 0.2) is 0 Å². The Morgan fingerprint density at radius 3 is 2.56 bits per heavy atom. The molecule has 0 spiro atoms. The minimum Gasteiger partial charge on any atom is -0.369 e. The first-order chi connectivity index (χ1) is 7.65. The summed E-state index contributed by atoms with van der Waals surface area (Å²) in [4.78, 5) is 13.9. The molecule has 0 aliphatic heterocycles. The predicted molar refractivity (Wildman–Crippen MR) is 64.1 cm³/mol. The zero-order valence-electron chi connectivity index (χ0n) is 10.4. The Morgan fingerprint density at radius 2 is 2.06 bits per heavy atom. The Labute approximate surface area is 98.1 Å². The summed E-state index contributed by atoms with van der Waals surface area (Å²) in [5, 5.41) is 0. The largest absolute Gasteiger partial charge is 0.369 e. The van der Waals surface area contributed by atoms with Crippen LogP contribution in [0.5, 0.6) is 0 Å². The highest BCUT2D eigenvalue weighted by molar-refractivity contribution is 5.77. The van der Waals surface area contributed by atoms with E-state index in [0.29, 0.717) is 19.1 Å². The first-order valence-electron chi connectivity index (χ1n) is 6.26. The summed E-state index contributed by atoms with van der Waals surface area (Å²) in [5.74, 6) is 0.0889. The minimum absolute atomic E-state index is 0.0889. The van der Waals surface area contributed by atoms with Gasteiger partial charge in [-0.05, 0) is 26.7 Å². The molecule has 0 aromatic rings. The molecule has 0 atom stereocenters. The van der Waals surface area contributed by atoms with Gasteiger partial charge in [0.25, 0.3) is 0 Å². The monoisotopic (exact) mass is 228 g/mol. The van der Waals surface area contributed by atoms with Crippen molar-refractivity contribution in [3.05, 3.63) is 0 Å². The maximum Gasteiger partial charge on any atom is 0.248 e. The Kier molecular flexibility index (Phi) is 5.77. The molecule has 0 heterocycles. The lowest BCUT2D eigenvalue weighted by molar-refractivity contribution is -0.139. The maximum atomic E-state index is 12.0. The molecule has 1 fully saturated rings. The summed E-state index contributed by atoms with van der Waals surface area (Å²) < 4.78 is 5.36. The third-order valence-corrected chi connectivity index (χ3v) is 3.00. The summed E-state index contributed by atoms with van der Waals surface area (Å²) in [6.45, 7) is 5.26. The third-order valence-electron chi connectivity index (χ3n) is 3.00. The SMILES string of the molecule is CC(C)OCC(=O)N(CCN)C1CCCC1. The second-order valence-corrected chi connectivity index (χ2v) is 4.67. The molecule has 94 valence electrons. The van der Waals surface area contributed by atoms with Crippen molar-refractivity contribution in [3.8, 4) is 0 Å². The van der Waals surface area contributed by atoms with Gasteiger partial charge in [-0.3, -0.25) is 4.79 Å². The fourth-order valence-corrected chi connectivity index (χ4v) is 2.19. The van der Waals surface area contributed by atoms with Gasteiger partial charge in [-0.15, -0.1) is 0 Å². The summed E-state index contributed by atoms with van der Waals surface area (Å²) in [7, 11) is 0. The molecule has 2 N–H and O–H groups in total. The van der Waals surface area contributed by atoms with Gasteiger partial charge >= 0.3 is 0 Å². The van der Waals surface area contributed by atoms with Crippen LogP contribution in [0.3, 0.4) is 0 Å². The third kappa shape index (κ3) is 4.10. The number of nitrogens with two attached hydrogens (primary N) is 1. The quantitative estimate of drug-likeness (QED) is 0.741. The molecule has 0 saturated heterocycles. The number of nitrogens with zero attached hydrogens (tertiary/aromatic N) is 1. The predicted octanol–water partition coefficient (Wildman–Crippen LogP) is 1.14. The van der Waals surface area contributed by atoms with E-state index in [9.17, 15) is 4.79 Å². The molecule has 1 aliphatic carbocycles. The molecular formula is C12H24N2O2. The van der Waals surface area contributed by atoms with E-state index in [1.54, 1.807) is 0 Å². The molecule has 1 aliphatic rings. The Bertz CT molecular complexity index is 213. The van der Waals surface area contributed by atoms with Crippen molar-refractivity contribution in [1.82, 2.24) is 4.90 Å². The molecule has 1 saturated carbocycles. The summed E-state index contributed by atoms with van der Waals surface area (Å²) in [6.07, 6.45) is 4.79. The Hall–Kier alpha value is -0.610. The molecule has 4 heteroatoms. The van der Waals surface area contributed by atoms with Crippen LogP contribution in [0.15, 0.2) is 0 Å². The number of ether oxygens (including phenoxy) is 1. The van der Waals surface area contributed by atoms with Crippen molar-refractivity contribution < 1.29 is 9.53 Å². The van der Waals surface area contributed by atoms with Gasteiger partial charge in [-0.2, -0.15) is 0 Å². The highest BCUT2D eigenvalue weighted by Gasteiger charge is 2.25. The maximum absolute atomic E-state index is 12.0. The molecular weight excluding hydrogens is 204 g/mol. The second-order valence-electron chi connectivity index (χ2n) is 4.67. The molecule has 0 aromatic carbocycles. The lowest BCUT2D eigenvalue weighted by Gasteiger charge is -2.28. The number of carbonyl (C=O) groups is 1. The number of hydrogen-bond acceptors (Lipinski definition) is 3. The smallest absolute Gasteiger partial charge is 0.248 e. The number of rotatable bonds is 6. The molecule has 4 nitrogen and oxygen atoms in total. The Balaban J connectivity index is 2.44. The number of carbonyl (C=O) groups excluding carboxylic acids is 1. The normalized spacial score (nSPS) is 17.0. The van der Waals surface area contributed by atoms with E-state index < -0.39 is 0 Å². The fraction of sp³-hybridized carbons (Fsp3) is 0.917. The van der Waals surface area contributed by atoms with E-state index in [1.807, 2.05) is 18.7 Å². The highest BCUT2D eigenvalue weighted by Crippen LogP contribution is 2.23. The molecule has 1 amide bonds. The first-order valence-corrected chi connectivity index (χ1v) is 6.26. The molecule has 1 rings (SSSR count). The van der Waals surface area contributed by atoms with Crippen LogP contribution in [-0.4, -0.2) is 42.6 Å². The van der Waals surface area contributed by atoms with Gasteiger partial charge in [0.05, 0.1) is 6.10 Å². The van der Waals surface area contributed by atoms with Crippen LogP contribution in [0.2, 0.25) is 0 Å². The van der Waals surface area contributed by atoms with Gasteiger partial charge in [0.2, 0.25) is 5.91 Å². The van der Waals surface area contributed by atoms with Gasteiger partial charge < -0.3 is 15.4 Å². The van der Waals surface area contributed by atoms with Crippen LogP contribution in [0.25, 0.3) is 0 Å². The van der Waals surface area contributed by atoms with E-state index >= 15 is 0 Å². The number of amides is 1. The van der Waals surface area contributed by atoms with Crippen LogP contribution in [-0.2, 0) is 9.53 Å². The lowest BCUT2D eigenvalue weighted by atomic mass is 10.2. The van der Waals surface area contributed by atoms with Crippen molar-refractivity contribution in [3.63, 3.8) is 0 Å². The average molecular weight is 228 g/mol. The zero-order valence-corrected chi connectivity index (χ0v) is 10.4. The van der Waals surface area contributed by atoms with Crippen molar-refractivity contribution in [2.24, 2.45) is 5.73 Å². The topological polar surface area (TPSA) is 55.6 Å². The Morgan fingerprint density at radius 1 is 1.44 bits per heavy atom. The van der Waals surface area contributed by atoms with E-state index in [-0.39, 0.29) is 18.6 Å². The van der Waals surface area contributed by atoms with Crippen LogP contribution in [0.4, 0.5) is 0 Å². The van der Waals surface area contributed by atoms with Crippen molar-refractivity contribution in [2.45, 2.75) is 51.7 Å². The van der Waals surface area contributed by atoms with Crippen molar-refractivity contribution >= 4 is 5.91 Å². The van der Waals surface area contributed by atoms with E-state index in [0.717, 1.165) is 12.8 Å².